The molecule has 1 aliphatic rings. The third-order valence-electron chi connectivity index (χ3n) is 4.59. The molecule has 2 heterocycles. The molecule has 1 aliphatic heterocycles. The molecule has 1 amide bonds. The Hall–Kier alpha value is -2.70. The van der Waals surface area contributed by atoms with Crippen LogP contribution in [0.4, 0.5) is 0 Å². The number of likely N-dealkylation sites (tertiary alicyclic amines) is 1. The first kappa shape index (κ1) is 17.1. The molecule has 0 radical (unpaired) electrons. The van der Waals surface area contributed by atoms with E-state index >= 15 is 0 Å². The Kier molecular flexibility index (Phi) is 4.83. The Bertz CT molecular complexity index is 784. The van der Waals surface area contributed by atoms with Crippen molar-refractivity contribution in [2.24, 2.45) is 0 Å². The van der Waals surface area contributed by atoms with Crippen LogP contribution in [-0.4, -0.2) is 49.7 Å². The summed E-state index contributed by atoms with van der Waals surface area (Å²) in [5.74, 6) is -0.114. The van der Waals surface area contributed by atoms with E-state index in [4.69, 9.17) is 5.11 Å². The van der Waals surface area contributed by atoms with Crippen LogP contribution >= 0.6 is 0 Å². The summed E-state index contributed by atoms with van der Waals surface area (Å²) in [6, 6.07) is 6.46. The molecule has 0 spiro atoms. The van der Waals surface area contributed by atoms with Gasteiger partial charge in [0.1, 0.15) is 12.2 Å². The smallest absolute Gasteiger partial charge is 0.335 e. The number of benzene rings is 1. The lowest BCUT2D eigenvalue weighted by atomic mass is 9.96. The molecule has 0 aliphatic carbocycles. The zero-order valence-electron chi connectivity index (χ0n) is 14.4. The zero-order valence-corrected chi connectivity index (χ0v) is 14.4. The van der Waals surface area contributed by atoms with Gasteiger partial charge >= 0.3 is 5.97 Å². The predicted octanol–water partition coefficient (Wildman–Crippen LogP) is 2.58. The third-order valence-corrected chi connectivity index (χ3v) is 4.59. The van der Waals surface area contributed by atoms with Gasteiger partial charge in [-0.2, -0.15) is 0 Å². The molecule has 2 aromatic rings. The highest BCUT2D eigenvalue weighted by molar-refractivity contribution is 5.97. The van der Waals surface area contributed by atoms with E-state index in [2.05, 4.69) is 24.0 Å². The molecule has 7 nitrogen and oxygen atoms in total. The summed E-state index contributed by atoms with van der Waals surface area (Å²) in [7, 11) is 0. The number of nitrogens with zero attached hydrogens (tertiary/aromatic N) is 4. The van der Waals surface area contributed by atoms with Crippen LogP contribution in [0.1, 0.15) is 65.2 Å². The SMILES string of the molecule is CC(C)n1cnnc1C1CCCN(C(=O)c2cccc(C(=O)O)c2)C1. The lowest BCUT2D eigenvalue weighted by Crippen LogP contribution is -2.40. The summed E-state index contributed by atoms with van der Waals surface area (Å²) in [4.78, 5) is 25.7. The third kappa shape index (κ3) is 3.55. The average molecular weight is 342 g/mol. The molecule has 3 rings (SSSR count). The fourth-order valence-electron chi connectivity index (χ4n) is 3.28. The minimum absolute atomic E-state index is 0.124. The van der Waals surface area contributed by atoms with Crippen LogP contribution in [0.3, 0.4) is 0 Å². The molecule has 0 bridgehead atoms. The van der Waals surface area contributed by atoms with Gasteiger partial charge in [-0.25, -0.2) is 4.79 Å². The van der Waals surface area contributed by atoms with Crippen molar-refractivity contribution in [1.82, 2.24) is 19.7 Å². The van der Waals surface area contributed by atoms with E-state index in [0.29, 0.717) is 18.7 Å². The maximum atomic E-state index is 12.8. The summed E-state index contributed by atoms with van der Waals surface area (Å²) in [6.07, 6.45) is 3.58. The summed E-state index contributed by atoms with van der Waals surface area (Å²) >= 11 is 0. The molecule has 1 fully saturated rings. The molecule has 7 heteroatoms. The largest absolute Gasteiger partial charge is 0.478 e. The average Bonchev–Trinajstić information content (AvgIpc) is 3.11. The van der Waals surface area contributed by atoms with Gasteiger partial charge < -0.3 is 14.6 Å². The van der Waals surface area contributed by atoms with Gasteiger partial charge in [0, 0.05) is 30.6 Å². The van der Waals surface area contributed by atoms with Crippen molar-refractivity contribution in [3.8, 4) is 0 Å². The van der Waals surface area contributed by atoms with Gasteiger partial charge in [0.25, 0.3) is 5.91 Å². The van der Waals surface area contributed by atoms with Gasteiger partial charge in [0.15, 0.2) is 0 Å². The van der Waals surface area contributed by atoms with Gasteiger partial charge in [0.2, 0.25) is 0 Å². The molecule has 1 atom stereocenters. The van der Waals surface area contributed by atoms with E-state index in [9.17, 15) is 9.59 Å². The van der Waals surface area contributed by atoms with Crippen LogP contribution < -0.4 is 0 Å². The summed E-state index contributed by atoms with van der Waals surface area (Å²) < 4.78 is 2.05. The number of aromatic nitrogens is 3. The number of amides is 1. The summed E-state index contributed by atoms with van der Waals surface area (Å²) in [6.45, 7) is 5.40. The molecular weight excluding hydrogens is 320 g/mol. The topological polar surface area (TPSA) is 88.3 Å². The minimum Gasteiger partial charge on any atom is -0.478 e. The number of piperidine rings is 1. The number of carbonyl (C=O) groups is 2. The second-order valence-corrected chi connectivity index (χ2v) is 6.67. The van der Waals surface area contributed by atoms with Gasteiger partial charge in [-0.05, 0) is 44.9 Å². The Morgan fingerprint density at radius 2 is 2.04 bits per heavy atom. The summed E-state index contributed by atoms with van der Waals surface area (Å²) in [5, 5.41) is 17.4. The number of hydrogen-bond acceptors (Lipinski definition) is 4. The first-order valence-electron chi connectivity index (χ1n) is 8.49. The van der Waals surface area contributed by atoms with Gasteiger partial charge in [-0.3, -0.25) is 4.79 Å². The fraction of sp³-hybridized carbons (Fsp3) is 0.444. The van der Waals surface area contributed by atoms with Crippen LogP contribution in [0.25, 0.3) is 0 Å². The van der Waals surface area contributed by atoms with Crippen molar-refractivity contribution in [3.05, 3.63) is 47.5 Å². The van der Waals surface area contributed by atoms with Crippen LogP contribution in [-0.2, 0) is 0 Å². The van der Waals surface area contributed by atoms with Gasteiger partial charge in [0.05, 0.1) is 5.56 Å². The van der Waals surface area contributed by atoms with E-state index < -0.39 is 5.97 Å². The van der Waals surface area contributed by atoms with E-state index in [0.717, 1.165) is 18.7 Å². The first-order chi connectivity index (χ1) is 12.0. The number of carbonyl (C=O) groups excluding carboxylic acids is 1. The number of rotatable bonds is 4. The normalized spacial score (nSPS) is 17.7. The molecule has 0 saturated carbocycles. The molecular formula is C18H22N4O3. The van der Waals surface area contributed by atoms with E-state index in [-0.39, 0.29) is 23.4 Å². The molecule has 1 aromatic heterocycles. The lowest BCUT2D eigenvalue weighted by Gasteiger charge is -2.33. The molecule has 1 saturated heterocycles. The van der Waals surface area contributed by atoms with E-state index in [1.807, 2.05) is 4.57 Å². The molecule has 1 unspecified atom stereocenters. The maximum Gasteiger partial charge on any atom is 0.335 e. The first-order valence-corrected chi connectivity index (χ1v) is 8.49. The Balaban J connectivity index is 1.79. The number of aromatic carboxylic acids is 1. The van der Waals surface area contributed by atoms with Crippen LogP contribution in [0.15, 0.2) is 30.6 Å². The zero-order chi connectivity index (χ0) is 18.0. The van der Waals surface area contributed by atoms with Crippen LogP contribution in [0, 0.1) is 0 Å². The minimum atomic E-state index is -1.03. The second-order valence-electron chi connectivity index (χ2n) is 6.67. The van der Waals surface area contributed by atoms with Crippen LogP contribution in [0.5, 0.6) is 0 Å². The van der Waals surface area contributed by atoms with Crippen molar-refractivity contribution in [3.63, 3.8) is 0 Å². The second kappa shape index (κ2) is 7.04. The quantitative estimate of drug-likeness (QED) is 0.922. The molecule has 25 heavy (non-hydrogen) atoms. The van der Waals surface area contributed by atoms with Crippen molar-refractivity contribution >= 4 is 11.9 Å². The molecule has 1 N–H and O–H groups in total. The van der Waals surface area contributed by atoms with Crippen molar-refractivity contribution in [2.45, 2.75) is 38.6 Å². The number of hydrogen-bond donors (Lipinski definition) is 1. The van der Waals surface area contributed by atoms with Crippen molar-refractivity contribution < 1.29 is 14.7 Å². The fourth-order valence-corrected chi connectivity index (χ4v) is 3.28. The van der Waals surface area contributed by atoms with E-state index in [1.54, 1.807) is 23.4 Å². The Morgan fingerprint density at radius 1 is 1.28 bits per heavy atom. The van der Waals surface area contributed by atoms with Crippen LogP contribution in [0.2, 0.25) is 0 Å². The van der Waals surface area contributed by atoms with Crippen molar-refractivity contribution in [2.75, 3.05) is 13.1 Å². The highest BCUT2D eigenvalue weighted by atomic mass is 16.4. The monoisotopic (exact) mass is 342 g/mol. The molecule has 132 valence electrons. The molecule has 1 aromatic carbocycles. The highest BCUT2D eigenvalue weighted by Gasteiger charge is 2.29. The van der Waals surface area contributed by atoms with Crippen molar-refractivity contribution in [1.29, 1.82) is 0 Å². The summed E-state index contributed by atoms with van der Waals surface area (Å²) in [5.41, 5.74) is 0.532. The Labute approximate surface area is 146 Å². The maximum absolute atomic E-state index is 12.8. The standard InChI is InChI=1S/C18H22N4O3/c1-12(2)22-11-19-20-16(22)15-7-4-8-21(10-15)17(23)13-5-3-6-14(9-13)18(24)25/h3,5-6,9,11-12,15H,4,7-8,10H2,1-2H3,(H,24,25). The van der Waals surface area contributed by atoms with Gasteiger partial charge in [-0.1, -0.05) is 6.07 Å². The number of carboxylic acids is 1. The van der Waals surface area contributed by atoms with E-state index in [1.165, 1.54) is 12.1 Å². The Morgan fingerprint density at radius 3 is 2.76 bits per heavy atom. The lowest BCUT2D eigenvalue weighted by molar-refractivity contribution is 0.0697. The predicted molar refractivity (Wildman–Crippen MR) is 91.7 cm³/mol. The van der Waals surface area contributed by atoms with Gasteiger partial charge in [-0.15, -0.1) is 10.2 Å². The highest BCUT2D eigenvalue weighted by Crippen LogP contribution is 2.28. The number of carboxylic acid groups (broad SMARTS) is 1.